The lowest BCUT2D eigenvalue weighted by molar-refractivity contribution is 0.0809. The van der Waals surface area contributed by atoms with Gasteiger partial charge < -0.3 is 9.64 Å². The molecule has 1 atom stereocenters. The van der Waals surface area contributed by atoms with Gasteiger partial charge in [-0.2, -0.15) is 0 Å². The molecule has 1 aliphatic heterocycles. The summed E-state index contributed by atoms with van der Waals surface area (Å²) >= 11 is 0. The summed E-state index contributed by atoms with van der Waals surface area (Å²) in [4.78, 5) is 13.3. The summed E-state index contributed by atoms with van der Waals surface area (Å²) in [6, 6.07) is 0. The number of carbonyl (C=O) groups is 1. The number of carbonyl (C=O) groups excluding carboxylic acids is 1. The zero-order chi connectivity index (χ0) is 11.3. The van der Waals surface area contributed by atoms with E-state index in [4.69, 9.17) is 11.2 Å². The van der Waals surface area contributed by atoms with Gasteiger partial charge in [0.15, 0.2) is 0 Å². The van der Waals surface area contributed by atoms with Gasteiger partial charge in [0.25, 0.3) is 0 Å². The third kappa shape index (κ3) is 3.83. The van der Waals surface area contributed by atoms with E-state index in [0.717, 1.165) is 19.4 Å². The number of ether oxygens (including phenoxy) is 1. The highest BCUT2D eigenvalue weighted by Gasteiger charge is 2.23. The van der Waals surface area contributed by atoms with Crippen LogP contribution in [0.4, 0.5) is 4.79 Å². The van der Waals surface area contributed by atoms with Crippen LogP contribution >= 0.6 is 0 Å². The van der Waals surface area contributed by atoms with E-state index >= 15 is 0 Å². The predicted molar refractivity (Wildman–Crippen MR) is 59.3 cm³/mol. The molecule has 3 nitrogen and oxygen atoms in total. The molecule has 0 N–H and O–H groups in total. The first-order valence-electron chi connectivity index (χ1n) is 5.51. The number of likely N-dealkylation sites (tertiary alicyclic amines) is 1. The summed E-state index contributed by atoms with van der Waals surface area (Å²) in [7, 11) is 0. The van der Waals surface area contributed by atoms with E-state index in [1.165, 1.54) is 0 Å². The fraction of sp³-hybridized carbons (Fsp3) is 0.750. The van der Waals surface area contributed by atoms with Crippen molar-refractivity contribution in [1.82, 2.24) is 4.90 Å². The van der Waals surface area contributed by atoms with Crippen molar-refractivity contribution in [3.05, 3.63) is 0 Å². The molecule has 0 bridgehead atoms. The number of hydrogen-bond donors (Lipinski definition) is 0. The Morgan fingerprint density at radius 3 is 3.00 bits per heavy atom. The van der Waals surface area contributed by atoms with Crippen molar-refractivity contribution in [2.45, 2.75) is 26.7 Å². The molecule has 0 aliphatic carbocycles. The van der Waals surface area contributed by atoms with Gasteiger partial charge in [-0.25, -0.2) is 4.79 Å². The molecule has 15 heavy (non-hydrogen) atoms. The van der Waals surface area contributed by atoms with E-state index in [1.54, 1.807) is 4.90 Å². The minimum Gasteiger partial charge on any atom is -0.449 e. The molecule has 0 saturated carbocycles. The minimum absolute atomic E-state index is 0.199. The topological polar surface area (TPSA) is 29.5 Å². The molecule has 3 heteroatoms. The second-order valence-corrected chi connectivity index (χ2v) is 4.42. The van der Waals surface area contributed by atoms with Crippen LogP contribution in [0.1, 0.15) is 26.7 Å². The SMILES string of the molecule is C#CC1CCCN(C(=O)OCC(C)C)C1. The van der Waals surface area contributed by atoms with Crippen LogP contribution in [0.15, 0.2) is 0 Å². The Morgan fingerprint density at radius 1 is 1.67 bits per heavy atom. The van der Waals surface area contributed by atoms with Crippen LogP contribution in [0.25, 0.3) is 0 Å². The Labute approximate surface area is 91.8 Å². The fourth-order valence-corrected chi connectivity index (χ4v) is 1.61. The Balaban J connectivity index is 2.36. The van der Waals surface area contributed by atoms with Crippen molar-refractivity contribution in [2.75, 3.05) is 19.7 Å². The highest BCUT2D eigenvalue weighted by atomic mass is 16.6. The van der Waals surface area contributed by atoms with Crippen molar-refractivity contribution in [2.24, 2.45) is 11.8 Å². The van der Waals surface area contributed by atoms with Crippen LogP contribution in [0, 0.1) is 24.2 Å². The second kappa shape index (κ2) is 5.65. The zero-order valence-corrected chi connectivity index (χ0v) is 9.53. The van der Waals surface area contributed by atoms with E-state index in [0.29, 0.717) is 19.1 Å². The maximum absolute atomic E-state index is 11.6. The monoisotopic (exact) mass is 209 g/mol. The summed E-state index contributed by atoms with van der Waals surface area (Å²) in [5.41, 5.74) is 0. The highest BCUT2D eigenvalue weighted by molar-refractivity contribution is 5.67. The fourth-order valence-electron chi connectivity index (χ4n) is 1.61. The maximum atomic E-state index is 11.6. The lowest BCUT2D eigenvalue weighted by Crippen LogP contribution is -2.40. The first-order valence-corrected chi connectivity index (χ1v) is 5.51. The van der Waals surface area contributed by atoms with Gasteiger partial charge in [-0.1, -0.05) is 13.8 Å². The van der Waals surface area contributed by atoms with E-state index in [9.17, 15) is 4.79 Å². The van der Waals surface area contributed by atoms with Gasteiger partial charge in [-0.05, 0) is 18.8 Å². The van der Waals surface area contributed by atoms with E-state index in [2.05, 4.69) is 5.92 Å². The number of terminal acetylenes is 1. The summed E-state index contributed by atoms with van der Waals surface area (Å²) in [5, 5.41) is 0. The lowest BCUT2D eigenvalue weighted by Gasteiger charge is -2.29. The van der Waals surface area contributed by atoms with Crippen molar-refractivity contribution in [3.63, 3.8) is 0 Å². The van der Waals surface area contributed by atoms with Crippen molar-refractivity contribution < 1.29 is 9.53 Å². The average Bonchev–Trinajstić information content (AvgIpc) is 2.26. The molecule has 0 aromatic heterocycles. The Kier molecular flexibility index (Phi) is 4.48. The molecule has 1 unspecified atom stereocenters. The van der Waals surface area contributed by atoms with E-state index < -0.39 is 0 Å². The van der Waals surface area contributed by atoms with Crippen LogP contribution in [-0.2, 0) is 4.74 Å². The predicted octanol–water partition coefficient (Wildman–Crippen LogP) is 2.12. The number of nitrogens with zero attached hydrogens (tertiary/aromatic N) is 1. The second-order valence-electron chi connectivity index (χ2n) is 4.42. The standard InChI is InChI=1S/C12H19NO2/c1-4-11-6-5-7-13(8-11)12(14)15-9-10(2)3/h1,10-11H,5-9H2,2-3H3. The van der Waals surface area contributed by atoms with Crippen LogP contribution < -0.4 is 0 Å². The Hall–Kier alpha value is -1.17. The number of amides is 1. The number of piperidine rings is 1. The third-order valence-corrected chi connectivity index (χ3v) is 2.46. The van der Waals surface area contributed by atoms with Gasteiger partial charge in [0.1, 0.15) is 0 Å². The zero-order valence-electron chi connectivity index (χ0n) is 9.53. The summed E-state index contributed by atoms with van der Waals surface area (Å²) < 4.78 is 5.15. The Bertz CT molecular complexity index is 255. The molecular formula is C12H19NO2. The molecular weight excluding hydrogens is 190 g/mol. The van der Waals surface area contributed by atoms with Gasteiger partial charge in [-0.15, -0.1) is 12.3 Å². The molecule has 1 heterocycles. The normalized spacial score (nSPS) is 21.2. The molecule has 1 saturated heterocycles. The third-order valence-electron chi connectivity index (χ3n) is 2.46. The van der Waals surface area contributed by atoms with E-state index in [-0.39, 0.29) is 12.0 Å². The smallest absolute Gasteiger partial charge is 0.409 e. The largest absolute Gasteiger partial charge is 0.449 e. The molecule has 0 radical (unpaired) electrons. The van der Waals surface area contributed by atoms with Gasteiger partial charge in [-0.3, -0.25) is 0 Å². The van der Waals surface area contributed by atoms with Gasteiger partial charge in [0.2, 0.25) is 0 Å². The van der Waals surface area contributed by atoms with Crippen LogP contribution in [0.3, 0.4) is 0 Å². The summed E-state index contributed by atoms with van der Waals surface area (Å²) in [5.74, 6) is 3.28. The summed E-state index contributed by atoms with van der Waals surface area (Å²) in [6.07, 6.45) is 7.14. The van der Waals surface area contributed by atoms with Crippen LogP contribution in [0.5, 0.6) is 0 Å². The van der Waals surface area contributed by atoms with Crippen molar-refractivity contribution in [3.8, 4) is 12.3 Å². The molecule has 0 aromatic rings. The Morgan fingerprint density at radius 2 is 2.40 bits per heavy atom. The van der Waals surface area contributed by atoms with Crippen LogP contribution in [-0.4, -0.2) is 30.7 Å². The van der Waals surface area contributed by atoms with E-state index in [1.807, 2.05) is 13.8 Å². The number of rotatable bonds is 2. The molecule has 1 amide bonds. The highest BCUT2D eigenvalue weighted by Crippen LogP contribution is 2.16. The molecule has 84 valence electrons. The molecule has 0 aromatic carbocycles. The lowest BCUT2D eigenvalue weighted by atomic mass is 10.00. The quantitative estimate of drug-likeness (QED) is 0.652. The van der Waals surface area contributed by atoms with Gasteiger partial charge >= 0.3 is 6.09 Å². The molecule has 0 spiro atoms. The van der Waals surface area contributed by atoms with Crippen LogP contribution in [0.2, 0.25) is 0 Å². The average molecular weight is 209 g/mol. The molecule has 1 rings (SSSR count). The minimum atomic E-state index is -0.219. The van der Waals surface area contributed by atoms with Gasteiger partial charge in [0, 0.05) is 19.0 Å². The van der Waals surface area contributed by atoms with Crippen molar-refractivity contribution >= 4 is 6.09 Å². The summed E-state index contributed by atoms with van der Waals surface area (Å²) in [6.45, 7) is 5.94. The number of hydrogen-bond acceptors (Lipinski definition) is 2. The first-order chi connectivity index (χ1) is 7.13. The molecule has 1 fully saturated rings. The van der Waals surface area contributed by atoms with Crippen molar-refractivity contribution in [1.29, 1.82) is 0 Å². The maximum Gasteiger partial charge on any atom is 0.409 e. The first kappa shape index (κ1) is 11.9. The molecule has 1 aliphatic rings. The van der Waals surface area contributed by atoms with Gasteiger partial charge in [0.05, 0.1) is 6.61 Å².